The summed E-state index contributed by atoms with van der Waals surface area (Å²) in [6, 6.07) is 4.18. The molecule has 0 saturated carbocycles. The molecule has 100 valence electrons. The number of piperidine rings is 1. The summed E-state index contributed by atoms with van der Waals surface area (Å²) in [6.07, 6.45) is 4.96. The molecule has 2 heterocycles. The number of aliphatic hydroxyl groups is 1. The van der Waals surface area contributed by atoms with Crippen LogP contribution in [0, 0.1) is 5.92 Å². The third kappa shape index (κ3) is 3.00. The molecule has 1 aromatic heterocycles. The highest BCUT2D eigenvalue weighted by atomic mass is 16.3. The molecule has 0 bridgehead atoms. The molecule has 0 aromatic carbocycles. The van der Waals surface area contributed by atoms with Crippen LogP contribution >= 0.6 is 0 Å². The van der Waals surface area contributed by atoms with Gasteiger partial charge in [0.05, 0.1) is 17.6 Å². The highest BCUT2D eigenvalue weighted by Gasteiger charge is 2.19. The lowest BCUT2D eigenvalue weighted by Gasteiger charge is -2.32. The van der Waals surface area contributed by atoms with Crippen LogP contribution in [0.3, 0.4) is 0 Å². The van der Waals surface area contributed by atoms with Gasteiger partial charge in [0, 0.05) is 25.7 Å². The molecule has 0 radical (unpaired) electrons. The zero-order chi connectivity index (χ0) is 13.0. The van der Waals surface area contributed by atoms with Crippen LogP contribution in [0.2, 0.25) is 0 Å². The average Bonchev–Trinajstić information content (AvgIpc) is 2.47. The van der Waals surface area contributed by atoms with Crippen molar-refractivity contribution in [1.82, 2.24) is 4.98 Å². The van der Waals surface area contributed by atoms with Gasteiger partial charge in [0.1, 0.15) is 0 Å². The second-order valence-corrected chi connectivity index (χ2v) is 5.07. The summed E-state index contributed by atoms with van der Waals surface area (Å²) in [7, 11) is 0. The molecule has 0 amide bonds. The first-order valence-corrected chi connectivity index (χ1v) is 6.82. The minimum Gasteiger partial charge on any atom is -0.396 e. The quantitative estimate of drug-likeness (QED) is 0.852. The van der Waals surface area contributed by atoms with Gasteiger partial charge in [-0.25, -0.2) is 0 Å². The van der Waals surface area contributed by atoms with Crippen molar-refractivity contribution in [3.05, 3.63) is 24.0 Å². The number of hydrogen-bond acceptors (Lipinski definition) is 4. The molecule has 2 rings (SSSR count). The first kappa shape index (κ1) is 13.3. The average molecular weight is 249 g/mol. The first-order valence-electron chi connectivity index (χ1n) is 6.82. The molecular formula is C14H23N3O. The maximum Gasteiger partial charge on any atom is 0.0572 e. The van der Waals surface area contributed by atoms with Gasteiger partial charge in [0.15, 0.2) is 0 Å². The number of nitrogens with zero attached hydrogens (tertiary/aromatic N) is 2. The van der Waals surface area contributed by atoms with E-state index in [1.54, 1.807) is 0 Å². The van der Waals surface area contributed by atoms with E-state index in [2.05, 4.69) is 22.9 Å². The van der Waals surface area contributed by atoms with Crippen LogP contribution in [0.5, 0.6) is 0 Å². The van der Waals surface area contributed by atoms with E-state index >= 15 is 0 Å². The predicted octanol–water partition coefficient (Wildman–Crippen LogP) is 1.70. The van der Waals surface area contributed by atoms with Crippen LogP contribution in [0.1, 0.15) is 37.9 Å². The monoisotopic (exact) mass is 249 g/mol. The summed E-state index contributed by atoms with van der Waals surface area (Å²) in [6.45, 7) is 4.40. The van der Waals surface area contributed by atoms with Gasteiger partial charge < -0.3 is 15.7 Å². The molecule has 1 aliphatic heterocycles. The summed E-state index contributed by atoms with van der Waals surface area (Å²) >= 11 is 0. The number of pyridine rings is 1. The molecule has 18 heavy (non-hydrogen) atoms. The fraction of sp³-hybridized carbons (Fsp3) is 0.643. The Bertz CT molecular complexity index is 358. The Morgan fingerprint density at radius 2 is 2.17 bits per heavy atom. The first-order chi connectivity index (χ1) is 8.74. The summed E-state index contributed by atoms with van der Waals surface area (Å²) in [4.78, 5) is 6.78. The van der Waals surface area contributed by atoms with Crippen LogP contribution < -0.4 is 10.6 Å². The van der Waals surface area contributed by atoms with E-state index in [-0.39, 0.29) is 6.04 Å². The minimum atomic E-state index is 0.0409. The molecule has 0 unspecified atom stereocenters. The number of aliphatic hydroxyl groups excluding tert-OH is 1. The molecule has 4 nitrogen and oxygen atoms in total. The van der Waals surface area contributed by atoms with Gasteiger partial charge in [-0.1, -0.05) is 6.92 Å². The number of aromatic nitrogens is 1. The Hall–Kier alpha value is -1.13. The summed E-state index contributed by atoms with van der Waals surface area (Å²) in [5, 5.41) is 9.13. The zero-order valence-electron chi connectivity index (χ0n) is 11.0. The lowest BCUT2D eigenvalue weighted by molar-refractivity contribution is 0.203. The zero-order valence-corrected chi connectivity index (χ0v) is 11.0. The highest BCUT2D eigenvalue weighted by Crippen LogP contribution is 2.23. The minimum absolute atomic E-state index is 0.0409. The Balaban J connectivity index is 1.98. The fourth-order valence-corrected chi connectivity index (χ4v) is 2.39. The Labute approximate surface area is 109 Å². The molecule has 4 heteroatoms. The Kier molecular flexibility index (Phi) is 4.55. The Morgan fingerprint density at radius 1 is 1.44 bits per heavy atom. The third-order valence-electron chi connectivity index (χ3n) is 3.83. The smallest absolute Gasteiger partial charge is 0.0572 e. The number of nitrogens with two attached hydrogens (primary N) is 1. The normalized spacial score (nSPS) is 18.9. The number of anilines is 1. The molecule has 0 aliphatic carbocycles. The second kappa shape index (κ2) is 6.16. The highest BCUT2D eigenvalue weighted by molar-refractivity contribution is 5.45. The summed E-state index contributed by atoms with van der Waals surface area (Å²) < 4.78 is 0. The lowest BCUT2D eigenvalue weighted by Crippen LogP contribution is -2.34. The van der Waals surface area contributed by atoms with E-state index in [0.717, 1.165) is 38.0 Å². The Morgan fingerprint density at radius 3 is 2.67 bits per heavy atom. The lowest BCUT2D eigenvalue weighted by atomic mass is 9.97. The van der Waals surface area contributed by atoms with Crippen molar-refractivity contribution in [1.29, 1.82) is 0 Å². The maximum atomic E-state index is 9.13. The number of hydrogen-bond donors (Lipinski definition) is 2. The third-order valence-corrected chi connectivity index (χ3v) is 3.83. The SMILES string of the molecule is CC[C@H](N)c1ccc(N2CCC(CO)CC2)cn1. The molecule has 1 saturated heterocycles. The van der Waals surface area contributed by atoms with Gasteiger partial charge in [-0.2, -0.15) is 0 Å². The van der Waals surface area contributed by atoms with Gasteiger partial charge in [-0.05, 0) is 37.3 Å². The van der Waals surface area contributed by atoms with Gasteiger partial charge in [0.25, 0.3) is 0 Å². The van der Waals surface area contributed by atoms with Crippen LogP contribution in [-0.4, -0.2) is 29.8 Å². The van der Waals surface area contributed by atoms with E-state index in [4.69, 9.17) is 10.8 Å². The van der Waals surface area contributed by atoms with Crippen molar-refractivity contribution < 1.29 is 5.11 Å². The standard InChI is InChI=1S/C14H23N3O/c1-2-13(15)14-4-3-12(9-16-14)17-7-5-11(10-18)6-8-17/h3-4,9,11,13,18H,2,5-8,10,15H2,1H3/t13-/m0/s1. The molecule has 1 aliphatic rings. The molecule has 3 N–H and O–H groups in total. The summed E-state index contributed by atoms with van der Waals surface area (Å²) in [5.74, 6) is 0.474. The number of rotatable bonds is 4. The molecule has 1 aromatic rings. The van der Waals surface area contributed by atoms with E-state index in [9.17, 15) is 0 Å². The van der Waals surface area contributed by atoms with Crippen LogP contribution in [0.4, 0.5) is 5.69 Å². The van der Waals surface area contributed by atoms with Crippen molar-refractivity contribution in [3.63, 3.8) is 0 Å². The van der Waals surface area contributed by atoms with Gasteiger partial charge in [-0.3, -0.25) is 4.98 Å². The fourth-order valence-electron chi connectivity index (χ4n) is 2.39. The molecule has 1 fully saturated rings. The van der Waals surface area contributed by atoms with E-state index in [0.29, 0.717) is 12.5 Å². The van der Waals surface area contributed by atoms with Crippen molar-refractivity contribution in [2.24, 2.45) is 11.7 Å². The van der Waals surface area contributed by atoms with Gasteiger partial charge >= 0.3 is 0 Å². The van der Waals surface area contributed by atoms with Crippen molar-refractivity contribution in [2.75, 3.05) is 24.6 Å². The van der Waals surface area contributed by atoms with Crippen molar-refractivity contribution in [2.45, 2.75) is 32.2 Å². The van der Waals surface area contributed by atoms with E-state index < -0.39 is 0 Å². The maximum absolute atomic E-state index is 9.13. The van der Waals surface area contributed by atoms with Crippen LogP contribution in [0.25, 0.3) is 0 Å². The van der Waals surface area contributed by atoms with Crippen LogP contribution in [-0.2, 0) is 0 Å². The van der Waals surface area contributed by atoms with Crippen LogP contribution in [0.15, 0.2) is 18.3 Å². The topological polar surface area (TPSA) is 62.4 Å². The largest absolute Gasteiger partial charge is 0.396 e. The summed E-state index contributed by atoms with van der Waals surface area (Å²) in [5.41, 5.74) is 8.08. The molecular weight excluding hydrogens is 226 g/mol. The van der Waals surface area contributed by atoms with Gasteiger partial charge in [0.2, 0.25) is 0 Å². The molecule has 1 atom stereocenters. The second-order valence-electron chi connectivity index (χ2n) is 5.07. The van der Waals surface area contributed by atoms with E-state index in [1.807, 2.05) is 12.3 Å². The van der Waals surface area contributed by atoms with Crippen molar-refractivity contribution >= 4 is 5.69 Å². The van der Waals surface area contributed by atoms with Crippen molar-refractivity contribution in [3.8, 4) is 0 Å². The molecule has 0 spiro atoms. The van der Waals surface area contributed by atoms with E-state index in [1.165, 1.54) is 5.69 Å². The predicted molar refractivity (Wildman–Crippen MR) is 73.5 cm³/mol. The van der Waals surface area contributed by atoms with Gasteiger partial charge in [-0.15, -0.1) is 0 Å².